The number of hydrogen-bond donors (Lipinski definition) is 1. The van der Waals surface area contributed by atoms with E-state index < -0.39 is 17.8 Å². The monoisotopic (exact) mass is 466 g/mol. The average Bonchev–Trinajstić information content (AvgIpc) is 3.17. The van der Waals surface area contributed by atoms with Crippen LogP contribution in [0.25, 0.3) is 10.8 Å². The molecule has 34 heavy (non-hydrogen) atoms. The molecule has 1 aliphatic rings. The Morgan fingerprint density at radius 3 is 2.71 bits per heavy atom. The van der Waals surface area contributed by atoms with Crippen LogP contribution in [0.3, 0.4) is 0 Å². The van der Waals surface area contributed by atoms with Crippen molar-refractivity contribution in [2.45, 2.75) is 46.1 Å². The molecule has 4 aromatic rings. The Bertz CT molecular complexity index is 1360. The third-order valence-electron chi connectivity index (χ3n) is 6.44. The molecule has 0 bridgehead atoms. The number of imidazole rings is 1. The first-order valence-electron chi connectivity index (χ1n) is 11.2. The average molecular weight is 467 g/mol. The Hall–Kier alpha value is -3.62. The van der Waals surface area contributed by atoms with E-state index in [0.717, 1.165) is 47.1 Å². The van der Waals surface area contributed by atoms with Crippen LogP contribution in [0.15, 0.2) is 48.8 Å². The molecule has 3 heterocycles. The van der Waals surface area contributed by atoms with Gasteiger partial charge in [-0.15, -0.1) is 5.10 Å². The minimum atomic E-state index is -4.39. The summed E-state index contributed by atoms with van der Waals surface area (Å²) >= 11 is 0. The van der Waals surface area contributed by atoms with Crippen molar-refractivity contribution in [1.82, 2.24) is 19.7 Å². The Morgan fingerprint density at radius 1 is 1.09 bits per heavy atom. The zero-order valence-corrected chi connectivity index (χ0v) is 19.2. The van der Waals surface area contributed by atoms with E-state index >= 15 is 0 Å². The first kappa shape index (κ1) is 22.2. The number of hydrogen-bond acceptors (Lipinski definition) is 5. The van der Waals surface area contributed by atoms with E-state index in [2.05, 4.69) is 48.3 Å². The van der Waals surface area contributed by atoms with Crippen LogP contribution in [0.2, 0.25) is 0 Å². The molecule has 0 saturated heterocycles. The molecule has 5 rings (SSSR count). The summed E-state index contributed by atoms with van der Waals surface area (Å²) in [5, 5.41) is 13.4. The standard InChI is InChI=1S/C25H25F3N6/c1-15-13-34-10-9-33(14-23(34)30-15)19-8-7-18-12-29-32-24(21(18)11-19)31-17(3)20-5-4-6-22(16(20)2)25(26,27)28/h4-8,11-13,17H,9-10,14H2,1-3H3,(H,31,32)/t17-/m1/s1. The van der Waals surface area contributed by atoms with Crippen LogP contribution in [0, 0.1) is 13.8 Å². The second-order valence-electron chi connectivity index (χ2n) is 8.76. The normalized spacial score (nSPS) is 14.8. The molecule has 2 aromatic carbocycles. The second kappa shape index (κ2) is 8.30. The molecule has 0 spiro atoms. The number of aromatic nitrogens is 4. The summed E-state index contributed by atoms with van der Waals surface area (Å²) in [5.74, 6) is 1.57. The van der Waals surface area contributed by atoms with E-state index in [1.807, 2.05) is 19.9 Å². The number of fused-ring (bicyclic) bond motifs is 2. The number of alkyl halides is 3. The van der Waals surface area contributed by atoms with Gasteiger partial charge < -0.3 is 14.8 Å². The molecule has 0 unspecified atom stereocenters. The molecule has 9 heteroatoms. The van der Waals surface area contributed by atoms with Crippen LogP contribution < -0.4 is 10.2 Å². The number of anilines is 2. The van der Waals surface area contributed by atoms with E-state index in [0.29, 0.717) is 17.9 Å². The van der Waals surface area contributed by atoms with E-state index in [1.165, 1.54) is 13.0 Å². The fraction of sp³-hybridized carbons (Fsp3) is 0.320. The maximum absolute atomic E-state index is 13.4. The van der Waals surface area contributed by atoms with Crippen LogP contribution in [-0.2, 0) is 19.3 Å². The van der Waals surface area contributed by atoms with E-state index in [9.17, 15) is 13.2 Å². The van der Waals surface area contributed by atoms with Gasteiger partial charge in [-0.2, -0.15) is 18.3 Å². The highest BCUT2D eigenvalue weighted by atomic mass is 19.4. The van der Waals surface area contributed by atoms with E-state index in [4.69, 9.17) is 0 Å². The first-order chi connectivity index (χ1) is 16.2. The van der Waals surface area contributed by atoms with E-state index in [-0.39, 0.29) is 5.56 Å². The topological polar surface area (TPSA) is 58.9 Å². The van der Waals surface area contributed by atoms with Crippen molar-refractivity contribution in [3.63, 3.8) is 0 Å². The van der Waals surface area contributed by atoms with Gasteiger partial charge in [-0.25, -0.2) is 4.98 Å². The minimum absolute atomic E-state index is 0.211. The van der Waals surface area contributed by atoms with E-state index in [1.54, 1.807) is 12.3 Å². The summed E-state index contributed by atoms with van der Waals surface area (Å²) in [6.07, 6.45) is -0.631. The number of nitrogens with one attached hydrogen (secondary N) is 1. The molecule has 1 aliphatic heterocycles. The highest BCUT2D eigenvalue weighted by Crippen LogP contribution is 2.36. The molecule has 1 atom stereocenters. The van der Waals surface area contributed by atoms with Crippen molar-refractivity contribution in [1.29, 1.82) is 0 Å². The van der Waals surface area contributed by atoms with Crippen molar-refractivity contribution >= 4 is 22.3 Å². The predicted octanol–water partition coefficient (Wildman–Crippen LogP) is 5.66. The van der Waals surface area contributed by atoms with Gasteiger partial charge in [-0.1, -0.05) is 18.2 Å². The fourth-order valence-electron chi connectivity index (χ4n) is 4.70. The van der Waals surface area contributed by atoms with Crippen molar-refractivity contribution in [2.24, 2.45) is 0 Å². The maximum atomic E-state index is 13.4. The zero-order chi connectivity index (χ0) is 24.0. The van der Waals surface area contributed by atoms with Gasteiger partial charge in [0.2, 0.25) is 0 Å². The molecule has 0 amide bonds. The fourth-order valence-corrected chi connectivity index (χ4v) is 4.70. The largest absolute Gasteiger partial charge is 0.416 e. The van der Waals surface area contributed by atoms with Gasteiger partial charge in [0.05, 0.1) is 30.0 Å². The summed E-state index contributed by atoms with van der Waals surface area (Å²) in [5.41, 5.74) is 2.21. The highest BCUT2D eigenvalue weighted by Gasteiger charge is 2.33. The molecule has 0 saturated carbocycles. The van der Waals surface area contributed by atoms with Gasteiger partial charge in [0.25, 0.3) is 0 Å². The molecular weight excluding hydrogens is 441 g/mol. The van der Waals surface area contributed by atoms with Gasteiger partial charge in [0.15, 0.2) is 5.82 Å². The van der Waals surface area contributed by atoms with Crippen molar-refractivity contribution in [3.05, 3.63) is 77.0 Å². The smallest absolute Gasteiger partial charge is 0.362 e. The Labute approximate surface area is 195 Å². The summed E-state index contributed by atoms with van der Waals surface area (Å²) in [4.78, 5) is 6.89. The number of benzene rings is 2. The Balaban J connectivity index is 1.46. The summed E-state index contributed by atoms with van der Waals surface area (Å²) in [6.45, 7) is 7.76. The zero-order valence-electron chi connectivity index (χ0n) is 19.2. The maximum Gasteiger partial charge on any atom is 0.416 e. The summed E-state index contributed by atoms with van der Waals surface area (Å²) < 4.78 is 42.4. The molecule has 0 radical (unpaired) electrons. The summed E-state index contributed by atoms with van der Waals surface area (Å²) in [6, 6.07) is 9.99. The minimum Gasteiger partial charge on any atom is -0.362 e. The number of nitrogens with zero attached hydrogens (tertiary/aromatic N) is 5. The lowest BCUT2D eigenvalue weighted by Gasteiger charge is -2.30. The van der Waals surface area contributed by atoms with Crippen LogP contribution >= 0.6 is 0 Å². The third-order valence-corrected chi connectivity index (χ3v) is 6.44. The molecule has 176 valence electrons. The molecule has 6 nitrogen and oxygen atoms in total. The van der Waals surface area contributed by atoms with Gasteiger partial charge >= 0.3 is 6.18 Å². The highest BCUT2D eigenvalue weighted by molar-refractivity contribution is 5.93. The first-order valence-corrected chi connectivity index (χ1v) is 11.2. The quantitative estimate of drug-likeness (QED) is 0.421. The molecule has 0 aliphatic carbocycles. The molecule has 0 fully saturated rings. The number of halogens is 3. The SMILES string of the molecule is Cc1cn2c(n1)CN(c1ccc3cnnc(N[C@H](C)c4cccc(C(F)(F)F)c4C)c3c1)CC2. The number of aryl methyl sites for hydroxylation is 1. The molecule has 1 N–H and O–H groups in total. The van der Waals surface area contributed by atoms with Crippen molar-refractivity contribution < 1.29 is 13.2 Å². The Kier molecular flexibility index (Phi) is 5.42. The van der Waals surface area contributed by atoms with Crippen LogP contribution in [-0.4, -0.2) is 26.3 Å². The lowest BCUT2D eigenvalue weighted by Crippen LogP contribution is -2.33. The molecule has 2 aromatic heterocycles. The van der Waals surface area contributed by atoms with Crippen LogP contribution in [0.1, 0.15) is 41.2 Å². The van der Waals surface area contributed by atoms with Gasteiger partial charge in [-0.3, -0.25) is 0 Å². The second-order valence-corrected chi connectivity index (χ2v) is 8.76. The van der Waals surface area contributed by atoms with Gasteiger partial charge in [0.1, 0.15) is 5.82 Å². The summed E-state index contributed by atoms with van der Waals surface area (Å²) in [7, 11) is 0. The molecular formula is C25H25F3N6. The van der Waals surface area contributed by atoms with Crippen molar-refractivity contribution in [3.8, 4) is 0 Å². The van der Waals surface area contributed by atoms with Crippen LogP contribution in [0.5, 0.6) is 0 Å². The van der Waals surface area contributed by atoms with Crippen LogP contribution in [0.4, 0.5) is 24.7 Å². The predicted molar refractivity (Wildman–Crippen MR) is 126 cm³/mol. The Morgan fingerprint density at radius 2 is 1.91 bits per heavy atom. The third kappa shape index (κ3) is 4.06. The lowest BCUT2D eigenvalue weighted by molar-refractivity contribution is -0.138. The lowest BCUT2D eigenvalue weighted by atomic mass is 9.97. The van der Waals surface area contributed by atoms with Crippen molar-refractivity contribution in [2.75, 3.05) is 16.8 Å². The van der Waals surface area contributed by atoms with Gasteiger partial charge in [0, 0.05) is 35.7 Å². The number of rotatable bonds is 4. The van der Waals surface area contributed by atoms with Gasteiger partial charge in [-0.05, 0) is 50.1 Å².